The topological polar surface area (TPSA) is 79.7 Å². The van der Waals surface area contributed by atoms with Gasteiger partial charge in [0.05, 0.1) is 22.8 Å². The number of carbonyl (C=O) groups excluding carboxylic acids is 2. The van der Waals surface area contributed by atoms with Crippen molar-refractivity contribution in [3.8, 4) is 5.75 Å². The summed E-state index contributed by atoms with van der Waals surface area (Å²) >= 11 is 9.50. The predicted molar refractivity (Wildman–Crippen MR) is 121 cm³/mol. The van der Waals surface area contributed by atoms with Crippen molar-refractivity contribution in [1.82, 2.24) is 4.98 Å². The van der Waals surface area contributed by atoms with Crippen molar-refractivity contribution in [2.75, 3.05) is 12.0 Å². The van der Waals surface area contributed by atoms with E-state index in [0.29, 0.717) is 32.2 Å². The predicted octanol–water partition coefficient (Wildman–Crippen LogP) is 5.13. The van der Waals surface area contributed by atoms with Crippen molar-refractivity contribution in [3.05, 3.63) is 93.2 Å². The minimum Gasteiger partial charge on any atom is -0.507 e. The number of ether oxygens (including phenoxy) is 1. The molecule has 1 atom stereocenters. The van der Waals surface area contributed by atoms with Gasteiger partial charge in [-0.15, -0.1) is 0 Å². The fourth-order valence-corrected chi connectivity index (χ4v) is 4.24. The van der Waals surface area contributed by atoms with E-state index < -0.39 is 17.7 Å². The van der Waals surface area contributed by atoms with Gasteiger partial charge >= 0.3 is 0 Å². The van der Waals surface area contributed by atoms with E-state index in [4.69, 9.17) is 16.3 Å². The zero-order valence-electron chi connectivity index (χ0n) is 16.3. The van der Waals surface area contributed by atoms with Gasteiger partial charge in [0.1, 0.15) is 17.6 Å². The number of aliphatic hydroxyl groups is 1. The Bertz CT molecular complexity index is 1210. The van der Waals surface area contributed by atoms with Crippen LogP contribution in [-0.2, 0) is 9.59 Å². The van der Waals surface area contributed by atoms with Gasteiger partial charge in [-0.2, -0.15) is 0 Å². The number of amides is 1. The third-order valence-corrected chi connectivity index (χ3v) is 5.78. The molecule has 6 nitrogen and oxygen atoms in total. The Kier molecular flexibility index (Phi) is 5.80. The molecular weight excluding hydrogens is 484 g/mol. The molecule has 0 radical (unpaired) electrons. The Morgan fingerprint density at radius 3 is 2.58 bits per heavy atom. The summed E-state index contributed by atoms with van der Waals surface area (Å²) in [6.07, 6.45) is 1.57. The third-order valence-electron chi connectivity index (χ3n) is 4.92. The summed E-state index contributed by atoms with van der Waals surface area (Å²) in [5.41, 5.74) is 1.18. The number of anilines is 1. The van der Waals surface area contributed by atoms with Crippen molar-refractivity contribution in [1.29, 1.82) is 0 Å². The largest absolute Gasteiger partial charge is 0.507 e. The maximum atomic E-state index is 13.1. The first-order valence-electron chi connectivity index (χ1n) is 9.23. The van der Waals surface area contributed by atoms with Crippen LogP contribution in [0.4, 0.5) is 5.69 Å². The van der Waals surface area contributed by atoms with E-state index in [-0.39, 0.29) is 11.3 Å². The number of benzene rings is 2. The van der Waals surface area contributed by atoms with Gasteiger partial charge < -0.3 is 9.84 Å². The minimum atomic E-state index is -0.916. The van der Waals surface area contributed by atoms with E-state index in [1.54, 1.807) is 66.9 Å². The van der Waals surface area contributed by atoms with Crippen LogP contribution >= 0.6 is 27.5 Å². The summed E-state index contributed by atoms with van der Waals surface area (Å²) in [4.78, 5) is 31.8. The second-order valence-corrected chi connectivity index (χ2v) is 8.04. The van der Waals surface area contributed by atoms with Crippen molar-refractivity contribution < 1.29 is 19.4 Å². The molecule has 1 saturated heterocycles. The molecule has 0 aliphatic carbocycles. The lowest BCUT2D eigenvalue weighted by Gasteiger charge is -2.24. The fraction of sp³-hybridized carbons (Fsp3) is 0.0870. The van der Waals surface area contributed by atoms with E-state index >= 15 is 0 Å². The molecule has 1 unspecified atom stereocenters. The molecule has 2 heterocycles. The lowest BCUT2D eigenvalue weighted by Crippen LogP contribution is -2.29. The third kappa shape index (κ3) is 3.82. The lowest BCUT2D eigenvalue weighted by molar-refractivity contribution is -0.132. The van der Waals surface area contributed by atoms with Gasteiger partial charge in [0.15, 0.2) is 0 Å². The number of Topliss-reactive ketones (excluding diaryl/α,β-unsaturated/α-hetero) is 1. The molecule has 1 fully saturated rings. The van der Waals surface area contributed by atoms with Crippen molar-refractivity contribution in [2.24, 2.45) is 0 Å². The highest BCUT2D eigenvalue weighted by atomic mass is 79.9. The molecule has 31 heavy (non-hydrogen) atoms. The summed E-state index contributed by atoms with van der Waals surface area (Å²) in [7, 11) is 1.53. The number of nitrogens with zero attached hydrogens (tertiary/aromatic N) is 2. The number of pyridine rings is 1. The van der Waals surface area contributed by atoms with Crippen molar-refractivity contribution >= 4 is 50.7 Å². The highest BCUT2D eigenvalue weighted by Gasteiger charge is 2.47. The number of aliphatic hydroxyl groups excluding tert-OH is 1. The van der Waals surface area contributed by atoms with E-state index in [1.807, 2.05) is 0 Å². The van der Waals surface area contributed by atoms with E-state index in [0.717, 1.165) is 0 Å². The van der Waals surface area contributed by atoms with Crippen LogP contribution in [0.15, 0.2) is 76.9 Å². The number of hydrogen-bond acceptors (Lipinski definition) is 5. The molecule has 2 aromatic carbocycles. The lowest BCUT2D eigenvalue weighted by atomic mass is 9.98. The zero-order valence-corrected chi connectivity index (χ0v) is 18.6. The number of aromatic nitrogens is 1. The summed E-state index contributed by atoms with van der Waals surface area (Å²) < 4.78 is 5.82. The minimum absolute atomic E-state index is 0.0549. The molecule has 8 heteroatoms. The highest BCUT2D eigenvalue weighted by molar-refractivity contribution is 9.10. The van der Waals surface area contributed by atoms with Crippen LogP contribution in [0.3, 0.4) is 0 Å². The molecule has 0 bridgehead atoms. The maximum absolute atomic E-state index is 13.1. The number of ketones is 1. The molecule has 1 N–H and O–H groups in total. The molecule has 156 valence electrons. The number of methoxy groups -OCH3 is 1. The van der Waals surface area contributed by atoms with E-state index in [2.05, 4.69) is 20.9 Å². The van der Waals surface area contributed by atoms with Crippen molar-refractivity contribution in [3.63, 3.8) is 0 Å². The number of carbonyl (C=O) groups is 2. The monoisotopic (exact) mass is 498 g/mol. The standard InChI is InChI=1S/C23H16BrClN2O4/c1-31-18-9-8-13(11-16(18)24)21(28)19-20(17-7-2-3-10-26-17)27(23(30)22(19)29)15-6-4-5-14(25)12-15/h2-12,20,28H,1H3/b21-19+. The Morgan fingerprint density at radius 1 is 1.13 bits per heavy atom. The van der Waals surface area contributed by atoms with Crippen LogP contribution in [0, 0.1) is 0 Å². The average Bonchev–Trinajstić information content (AvgIpc) is 3.04. The molecule has 0 saturated carbocycles. The molecule has 1 amide bonds. The second kappa shape index (κ2) is 8.53. The first kappa shape index (κ1) is 21.1. The maximum Gasteiger partial charge on any atom is 0.300 e. The molecule has 1 aliphatic heterocycles. The summed E-state index contributed by atoms with van der Waals surface area (Å²) in [5.74, 6) is -1.31. The number of halogens is 2. The number of hydrogen-bond donors (Lipinski definition) is 1. The Hall–Kier alpha value is -3.16. The van der Waals surface area contributed by atoms with Crippen LogP contribution in [0.2, 0.25) is 5.02 Å². The van der Waals surface area contributed by atoms with Gasteiger partial charge in [0.2, 0.25) is 0 Å². The Labute approximate surface area is 191 Å². The average molecular weight is 500 g/mol. The number of rotatable bonds is 4. The van der Waals surface area contributed by atoms with Gasteiger partial charge in [-0.05, 0) is 64.5 Å². The van der Waals surface area contributed by atoms with Crippen LogP contribution in [0.5, 0.6) is 5.75 Å². The Morgan fingerprint density at radius 2 is 1.94 bits per heavy atom. The molecular formula is C23H16BrClN2O4. The van der Waals surface area contributed by atoms with Crippen LogP contribution < -0.4 is 9.64 Å². The summed E-state index contributed by atoms with van der Waals surface area (Å²) in [6, 6.07) is 15.8. The molecule has 1 aliphatic rings. The normalized spacial score (nSPS) is 17.8. The molecule has 1 aromatic heterocycles. The summed E-state index contributed by atoms with van der Waals surface area (Å²) in [6.45, 7) is 0. The van der Waals surface area contributed by atoms with E-state index in [9.17, 15) is 14.7 Å². The molecule has 0 spiro atoms. The van der Waals surface area contributed by atoms with Gasteiger partial charge in [0.25, 0.3) is 11.7 Å². The van der Waals surface area contributed by atoms with Crippen LogP contribution in [-0.4, -0.2) is 28.9 Å². The smallest absolute Gasteiger partial charge is 0.300 e. The van der Waals surface area contributed by atoms with Gasteiger partial charge in [-0.1, -0.05) is 23.7 Å². The SMILES string of the molecule is COc1ccc(/C(O)=C2\C(=O)C(=O)N(c3cccc(Cl)c3)C2c2ccccn2)cc1Br. The Balaban J connectivity index is 1.93. The quantitative estimate of drug-likeness (QED) is 0.306. The van der Waals surface area contributed by atoms with Crippen LogP contribution in [0.1, 0.15) is 17.3 Å². The van der Waals surface area contributed by atoms with Gasteiger partial charge in [0, 0.05) is 22.5 Å². The van der Waals surface area contributed by atoms with E-state index in [1.165, 1.54) is 12.0 Å². The molecule has 3 aromatic rings. The molecule has 4 rings (SSSR count). The summed E-state index contributed by atoms with van der Waals surface area (Å²) in [5, 5.41) is 11.5. The van der Waals surface area contributed by atoms with Crippen molar-refractivity contribution in [2.45, 2.75) is 6.04 Å². The first-order valence-corrected chi connectivity index (χ1v) is 10.4. The first-order chi connectivity index (χ1) is 14.9. The second-order valence-electron chi connectivity index (χ2n) is 6.75. The van der Waals surface area contributed by atoms with Crippen LogP contribution in [0.25, 0.3) is 5.76 Å². The zero-order chi connectivity index (χ0) is 22.1. The van der Waals surface area contributed by atoms with Gasteiger partial charge in [-0.3, -0.25) is 19.5 Å². The van der Waals surface area contributed by atoms with Gasteiger partial charge in [-0.25, -0.2) is 0 Å². The highest BCUT2D eigenvalue weighted by Crippen LogP contribution is 2.42. The fourth-order valence-electron chi connectivity index (χ4n) is 3.51.